The van der Waals surface area contributed by atoms with Crippen LogP contribution in [0, 0.1) is 0 Å². The van der Waals surface area contributed by atoms with Crippen LogP contribution in [-0.2, 0) is 0 Å². The van der Waals surface area contributed by atoms with Gasteiger partial charge in [-0.3, -0.25) is 0 Å². The second-order valence-corrected chi connectivity index (χ2v) is 5.79. The van der Waals surface area contributed by atoms with Crippen LogP contribution >= 0.6 is 15.9 Å². The van der Waals surface area contributed by atoms with E-state index in [2.05, 4.69) is 58.2 Å². The topological polar surface area (TPSA) is 12.0 Å². The van der Waals surface area contributed by atoms with Gasteiger partial charge in [-0.2, -0.15) is 0 Å². The van der Waals surface area contributed by atoms with Gasteiger partial charge in [-0.05, 0) is 47.3 Å². The average Bonchev–Trinajstić information content (AvgIpc) is 2.34. The summed E-state index contributed by atoms with van der Waals surface area (Å²) in [6, 6.07) is 8.37. The molecule has 1 aliphatic rings. The Bertz CT molecular complexity index is 380. The zero-order valence-corrected chi connectivity index (χ0v) is 11.8. The number of para-hydroxylation sites is 1. The van der Waals surface area contributed by atoms with Crippen LogP contribution in [0.5, 0.6) is 0 Å². The molecule has 1 aromatic rings. The minimum Gasteiger partial charge on any atom is -0.378 e. The standard InChI is InChI=1S/C15H20BrN/c1-2-10-15(11-6-3-7-12-15)17-14-9-5-4-8-13(14)16/h2,4-5,8-9,17H,1,3,6-7,10-12H2. The Balaban J connectivity index is 2.17. The lowest BCUT2D eigenvalue weighted by Crippen LogP contribution is -2.39. The van der Waals surface area contributed by atoms with E-state index >= 15 is 0 Å². The summed E-state index contributed by atoms with van der Waals surface area (Å²) < 4.78 is 1.15. The molecule has 17 heavy (non-hydrogen) atoms. The van der Waals surface area contributed by atoms with Crippen molar-refractivity contribution >= 4 is 21.6 Å². The predicted molar refractivity (Wildman–Crippen MR) is 78.4 cm³/mol. The lowest BCUT2D eigenvalue weighted by atomic mass is 9.79. The van der Waals surface area contributed by atoms with Crippen LogP contribution in [0.15, 0.2) is 41.4 Å². The van der Waals surface area contributed by atoms with Gasteiger partial charge in [-0.25, -0.2) is 0 Å². The smallest absolute Gasteiger partial charge is 0.0489 e. The molecule has 1 aromatic carbocycles. The van der Waals surface area contributed by atoms with Gasteiger partial charge in [0.25, 0.3) is 0 Å². The SMILES string of the molecule is C=CCC1(Nc2ccccc2Br)CCCCC1. The van der Waals surface area contributed by atoms with E-state index < -0.39 is 0 Å². The second kappa shape index (κ2) is 5.72. The van der Waals surface area contributed by atoms with Crippen molar-refractivity contribution in [2.24, 2.45) is 0 Å². The van der Waals surface area contributed by atoms with Crippen molar-refractivity contribution in [2.75, 3.05) is 5.32 Å². The largest absolute Gasteiger partial charge is 0.378 e. The third-order valence-electron chi connectivity index (χ3n) is 3.62. The summed E-state index contributed by atoms with van der Waals surface area (Å²) in [7, 11) is 0. The van der Waals surface area contributed by atoms with Gasteiger partial charge in [0.15, 0.2) is 0 Å². The van der Waals surface area contributed by atoms with Gasteiger partial charge in [-0.15, -0.1) is 6.58 Å². The van der Waals surface area contributed by atoms with Crippen LogP contribution in [0.4, 0.5) is 5.69 Å². The Morgan fingerprint density at radius 2 is 1.94 bits per heavy atom. The van der Waals surface area contributed by atoms with Crippen molar-refractivity contribution in [1.29, 1.82) is 0 Å². The van der Waals surface area contributed by atoms with Crippen LogP contribution in [0.25, 0.3) is 0 Å². The fraction of sp³-hybridized carbons (Fsp3) is 0.467. The highest BCUT2D eigenvalue weighted by molar-refractivity contribution is 9.10. The minimum absolute atomic E-state index is 0.226. The zero-order chi connectivity index (χ0) is 12.1. The van der Waals surface area contributed by atoms with Crippen LogP contribution in [-0.4, -0.2) is 5.54 Å². The van der Waals surface area contributed by atoms with E-state index in [4.69, 9.17) is 0 Å². The highest BCUT2D eigenvalue weighted by Gasteiger charge is 2.30. The van der Waals surface area contributed by atoms with Gasteiger partial charge in [0.2, 0.25) is 0 Å². The number of anilines is 1. The van der Waals surface area contributed by atoms with Crippen molar-refractivity contribution in [2.45, 2.75) is 44.1 Å². The van der Waals surface area contributed by atoms with E-state index in [-0.39, 0.29) is 5.54 Å². The molecule has 2 rings (SSSR count). The molecule has 1 nitrogen and oxygen atoms in total. The molecule has 1 fully saturated rings. The van der Waals surface area contributed by atoms with Crippen molar-refractivity contribution in [1.82, 2.24) is 0 Å². The summed E-state index contributed by atoms with van der Waals surface area (Å²) in [4.78, 5) is 0. The number of benzene rings is 1. The second-order valence-electron chi connectivity index (χ2n) is 4.94. The molecule has 0 heterocycles. The number of rotatable bonds is 4. The first-order chi connectivity index (χ1) is 8.26. The maximum atomic E-state index is 3.91. The van der Waals surface area contributed by atoms with Crippen LogP contribution in [0.3, 0.4) is 0 Å². The van der Waals surface area contributed by atoms with Gasteiger partial charge < -0.3 is 5.32 Å². The fourth-order valence-corrected chi connectivity index (χ4v) is 3.12. The lowest BCUT2D eigenvalue weighted by molar-refractivity contribution is 0.326. The first-order valence-corrected chi connectivity index (χ1v) is 7.19. The molecule has 0 bridgehead atoms. The third-order valence-corrected chi connectivity index (χ3v) is 4.31. The van der Waals surface area contributed by atoms with E-state index in [1.54, 1.807) is 0 Å². The number of hydrogen-bond donors (Lipinski definition) is 1. The lowest BCUT2D eigenvalue weighted by Gasteiger charge is -2.38. The summed E-state index contributed by atoms with van der Waals surface area (Å²) in [5.74, 6) is 0. The van der Waals surface area contributed by atoms with Crippen molar-refractivity contribution < 1.29 is 0 Å². The molecule has 0 saturated heterocycles. The first-order valence-electron chi connectivity index (χ1n) is 6.39. The molecule has 0 spiro atoms. The Morgan fingerprint density at radius 3 is 2.59 bits per heavy atom. The molecule has 0 aromatic heterocycles. The maximum absolute atomic E-state index is 3.91. The molecule has 0 atom stereocenters. The molecule has 0 aliphatic heterocycles. The molecule has 0 unspecified atom stereocenters. The van der Waals surface area contributed by atoms with Crippen LogP contribution in [0.2, 0.25) is 0 Å². The average molecular weight is 294 g/mol. The van der Waals surface area contributed by atoms with Gasteiger partial charge in [0.1, 0.15) is 0 Å². The fourth-order valence-electron chi connectivity index (χ4n) is 2.73. The van der Waals surface area contributed by atoms with Gasteiger partial charge in [-0.1, -0.05) is 37.5 Å². The molecule has 1 saturated carbocycles. The Hall–Kier alpha value is -0.760. The van der Waals surface area contributed by atoms with E-state index in [1.807, 2.05) is 0 Å². The monoisotopic (exact) mass is 293 g/mol. The van der Waals surface area contributed by atoms with E-state index in [9.17, 15) is 0 Å². The number of hydrogen-bond acceptors (Lipinski definition) is 1. The summed E-state index contributed by atoms with van der Waals surface area (Å²) in [6.45, 7) is 3.91. The number of halogens is 1. The highest BCUT2D eigenvalue weighted by atomic mass is 79.9. The van der Waals surface area contributed by atoms with E-state index in [1.165, 1.54) is 37.8 Å². The van der Waals surface area contributed by atoms with E-state index in [0.717, 1.165) is 10.9 Å². The molecule has 2 heteroatoms. The molecule has 0 radical (unpaired) electrons. The van der Waals surface area contributed by atoms with Crippen molar-refractivity contribution in [3.8, 4) is 0 Å². The quantitative estimate of drug-likeness (QED) is 0.758. The predicted octanol–water partition coefficient (Wildman–Crippen LogP) is 5.14. The molecule has 0 amide bonds. The molecule has 1 N–H and O–H groups in total. The van der Waals surface area contributed by atoms with E-state index in [0.29, 0.717) is 0 Å². The molecule has 1 aliphatic carbocycles. The van der Waals surface area contributed by atoms with Crippen molar-refractivity contribution in [3.63, 3.8) is 0 Å². The maximum Gasteiger partial charge on any atom is 0.0489 e. The highest BCUT2D eigenvalue weighted by Crippen LogP contribution is 2.36. The molecule has 92 valence electrons. The Kier molecular flexibility index (Phi) is 4.27. The van der Waals surface area contributed by atoms with Gasteiger partial charge in [0.05, 0.1) is 0 Å². The van der Waals surface area contributed by atoms with Crippen LogP contribution < -0.4 is 5.32 Å². The molecular formula is C15H20BrN. The summed E-state index contributed by atoms with van der Waals surface area (Å²) in [5, 5.41) is 3.75. The van der Waals surface area contributed by atoms with Crippen molar-refractivity contribution in [3.05, 3.63) is 41.4 Å². The number of nitrogens with one attached hydrogen (secondary N) is 1. The first kappa shape index (κ1) is 12.7. The Morgan fingerprint density at radius 1 is 1.24 bits per heavy atom. The van der Waals surface area contributed by atoms with Crippen LogP contribution in [0.1, 0.15) is 38.5 Å². The Labute approximate surface area is 112 Å². The molecular weight excluding hydrogens is 274 g/mol. The normalized spacial score (nSPS) is 18.6. The van der Waals surface area contributed by atoms with Gasteiger partial charge >= 0.3 is 0 Å². The minimum atomic E-state index is 0.226. The summed E-state index contributed by atoms with van der Waals surface area (Å²) >= 11 is 3.61. The zero-order valence-electron chi connectivity index (χ0n) is 10.2. The summed E-state index contributed by atoms with van der Waals surface area (Å²) in [5.41, 5.74) is 1.43. The summed E-state index contributed by atoms with van der Waals surface area (Å²) in [6.07, 6.45) is 9.62. The van der Waals surface area contributed by atoms with Gasteiger partial charge in [0, 0.05) is 15.7 Å². The third kappa shape index (κ3) is 3.12.